The molecule has 0 amide bonds. The van der Waals surface area contributed by atoms with Crippen molar-refractivity contribution in [1.29, 1.82) is 5.26 Å². The summed E-state index contributed by atoms with van der Waals surface area (Å²) < 4.78 is 84.0. The van der Waals surface area contributed by atoms with Crippen molar-refractivity contribution in [2.45, 2.75) is 19.0 Å². The van der Waals surface area contributed by atoms with Crippen LogP contribution in [-0.2, 0) is 19.0 Å². The summed E-state index contributed by atoms with van der Waals surface area (Å²) in [4.78, 5) is 0. The molecule has 3 aromatic rings. The standard InChI is InChI=1S/C18H9ClF6N4O/c19-11-2-4-15(12(6-11)16-14(7-26)27-29-28-16)30-8-9-5-10(17(20,21)22)1-3-13(9)18(23,24)25/h1-6H,8H2,(H,27,28,29). The summed E-state index contributed by atoms with van der Waals surface area (Å²) in [6, 6.07) is 6.90. The minimum absolute atomic E-state index is 0.0232. The molecule has 0 aliphatic rings. The van der Waals surface area contributed by atoms with Crippen molar-refractivity contribution in [1.82, 2.24) is 15.4 Å². The maximum absolute atomic E-state index is 13.2. The molecule has 3 rings (SSSR count). The molecular weight excluding hydrogens is 438 g/mol. The van der Waals surface area contributed by atoms with E-state index in [9.17, 15) is 26.3 Å². The van der Waals surface area contributed by atoms with E-state index >= 15 is 0 Å². The van der Waals surface area contributed by atoms with Gasteiger partial charge in [0, 0.05) is 16.1 Å². The van der Waals surface area contributed by atoms with Gasteiger partial charge in [-0.3, -0.25) is 0 Å². The van der Waals surface area contributed by atoms with Crippen molar-refractivity contribution in [3.63, 3.8) is 0 Å². The Bertz CT molecular complexity index is 1120. The molecule has 0 atom stereocenters. The molecule has 0 radical (unpaired) electrons. The molecule has 0 saturated carbocycles. The van der Waals surface area contributed by atoms with E-state index in [1.54, 1.807) is 6.07 Å². The van der Waals surface area contributed by atoms with Crippen molar-refractivity contribution < 1.29 is 31.1 Å². The van der Waals surface area contributed by atoms with E-state index < -0.39 is 35.6 Å². The normalized spacial score (nSPS) is 11.9. The highest BCUT2D eigenvalue weighted by molar-refractivity contribution is 6.31. The molecule has 5 nitrogen and oxygen atoms in total. The highest BCUT2D eigenvalue weighted by Crippen LogP contribution is 2.38. The Labute approximate surface area is 169 Å². The predicted octanol–water partition coefficient (Wildman–Crippen LogP) is 5.61. The SMILES string of the molecule is N#Cc1[nH]nnc1-c1cc(Cl)ccc1OCc1cc(C(F)(F)F)ccc1C(F)(F)F. The molecule has 156 valence electrons. The second-order valence-electron chi connectivity index (χ2n) is 5.94. The third-order valence-corrected chi connectivity index (χ3v) is 4.21. The number of H-pyrrole nitrogens is 1. The number of nitriles is 1. The minimum Gasteiger partial charge on any atom is -0.488 e. The predicted molar refractivity (Wildman–Crippen MR) is 92.3 cm³/mol. The summed E-state index contributed by atoms with van der Waals surface area (Å²) in [7, 11) is 0. The van der Waals surface area contributed by atoms with Gasteiger partial charge < -0.3 is 4.74 Å². The monoisotopic (exact) mass is 446 g/mol. The lowest BCUT2D eigenvalue weighted by Crippen LogP contribution is -2.14. The molecule has 0 fully saturated rings. The van der Waals surface area contributed by atoms with E-state index in [2.05, 4.69) is 15.4 Å². The van der Waals surface area contributed by atoms with E-state index in [0.717, 1.165) is 0 Å². The zero-order chi connectivity index (χ0) is 22.1. The van der Waals surface area contributed by atoms with Crippen molar-refractivity contribution in [3.05, 3.63) is 63.8 Å². The van der Waals surface area contributed by atoms with Crippen molar-refractivity contribution in [2.75, 3.05) is 0 Å². The highest BCUT2D eigenvalue weighted by Gasteiger charge is 2.37. The number of benzene rings is 2. The number of hydrogen-bond donors (Lipinski definition) is 1. The summed E-state index contributed by atoms with van der Waals surface area (Å²) >= 11 is 5.93. The Hall–Kier alpha value is -3.26. The summed E-state index contributed by atoms with van der Waals surface area (Å²) in [6.45, 7) is -0.826. The van der Waals surface area contributed by atoms with Crippen LogP contribution in [0, 0.1) is 11.3 Å². The molecule has 0 aliphatic heterocycles. The molecule has 0 aliphatic carbocycles. The topological polar surface area (TPSA) is 74.6 Å². The number of nitrogens with zero attached hydrogens (tertiary/aromatic N) is 3. The van der Waals surface area contributed by atoms with Crippen molar-refractivity contribution in [2.24, 2.45) is 0 Å². The van der Waals surface area contributed by atoms with Crippen LogP contribution in [0.3, 0.4) is 0 Å². The molecule has 1 N–H and O–H groups in total. The van der Waals surface area contributed by atoms with Gasteiger partial charge in [0.25, 0.3) is 0 Å². The molecule has 1 heterocycles. The van der Waals surface area contributed by atoms with Crippen LogP contribution < -0.4 is 4.74 Å². The van der Waals surface area contributed by atoms with Crippen molar-refractivity contribution in [3.8, 4) is 23.1 Å². The van der Waals surface area contributed by atoms with Gasteiger partial charge in [0.05, 0.1) is 11.1 Å². The largest absolute Gasteiger partial charge is 0.488 e. The number of ether oxygens (including phenoxy) is 1. The zero-order valence-corrected chi connectivity index (χ0v) is 15.3. The second-order valence-corrected chi connectivity index (χ2v) is 6.38. The van der Waals surface area contributed by atoms with Gasteiger partial charge in [0.1, 0.15) is 24.1 Å². The molecule has 12 heteroatoms. The van der Waals surface area contributed by atoms with E-state index in [-0.39, 0.29) is 27.7 Å². The first-order valence-corrected chi connectivity index (χ1v) is 8.39. The molecule has 0 saturated heterocycles. The first-order valence-electron chi connectivity index (χ1n) is 8.02. The number of hydrogen-bond acceptors (Lipinski definition) is 4. The van der Waals surface area contributed by atoms with Crippen LogP contribution in [0.2, 0.25) is 5.02 Å². The molecule has 0 spiro atoms. The Morgan fingerprint density at radius 1 is 1.03 bits per heavy atom. The quantitative estimate of drug-likeness (QED) is 0.528. The summed E-state index contributed by atoms with van der Waals surface area (Å²) in [5, 5.41) is 18.8. The number of aromatic nitrogens is 3. The molecular formula is C18H9ClF6N4O. The fourth-order valence-electron chi connectivity index (χ4n) is 2.63. The number of nitrogens with one attached hydrogen (secondary N) is 1. The fraction of sp³-hybridized carbons (Fsp3) is 0.167. The molecule has 2 aromatic carbocycles. The van der Waals surface area contributed by atoms with Gasteiger partial charge in [-0.15, -0.1) is 5.10 Å². The first-order chi connectivity index (χ1) is 14.0. The highest BCUT2D eigenvalue weighted by atomic mass is 35.5. The Balaban J connectivity index is 2.01. The maximum Gasteiger partial charge on any atom is 0.416 e. The van der Waals surface area contributed by atoms with Crippen LogP contribution in [0.4, 0.5) is 26.3 Å². The number of alkyl halides is 6. The van der Waals surface area contributed by atoms with E-state index in [1.807, 2.05) is 0 Å². The first kappa shape index (κ1) is 21.4. The van der Waals surface area contributed by atoms with E-state index in [0.29, 0.717) is 18.2 Å². The van der Waals surface area contributed by atoms with Crippen LogP contribution in [0.15, 0.2) is 36.4 Å². The Morgan fingerprint density at radius 3 is 2.40 bits per heavy atom. The van der Waals surface area contributed by atoms with E-state index in [1.165, 1.54) is 18.2 Å². The summed E-state index contributed by atoms with van der Waals surface area (Å²) in [5.74, 6) is -0.0460. The average molecular weight is 447 g/mol. The number of aromatic amines is 1. The number of rotatable bonds is 4. The van der Waals surface area contributed by atoms with Crippen LogP contribution >= 0.6 is 11.6 Å². The summed E-state index contributed by atoms with van der Waals surface area (Å²) in [6.07, 6.45) is -9.71. The molecule has 1 aromatic heterocycles. The van der Waals surface area contributed by atoms with Crippen LogP contribution in [0.1, 0.15) is 22.4 Å². The molecule has 30 heavy (non-hydrogen) atoms. The zero-order valence-electron chi connectivity index (χ0n) is 14.6. The van der Waals surface area contributed by atoms with E-state index in [4.69, 9.17) is 21.6 Å². The van der Waals surface area contributed by atoms with Crippen LogP contribution in [-0.4, -0.2) is 15.4 Å². The third-order valence-electron chi connectivity index (χ3n) is 3.98. The van der Waals surface area contributed by atoms with Gasteiger partial charge in [0.15, 0.2) is 5.69 Å². The van der Waals surface area contributed by atoms with Gasteiger partial charge in [0.2, 0.25) is 0 Å². The lowest BCUT2D eigenvalue weighted by molar-refractivity contribution is -0.142. The van der Waals surface area contributed by atoms with Gasteiger partial charge in [-0.2, -0.15) is 31.6 Å². The van der Waals surface area contributed by atoms with Crippen LogP contribution in [0.25, 0.3) is 11.3 Å². The second kappa shape index (κ2) is 7.87. The fourth-order valence-corrected chi connectivity index (χ4v) is 2.80. The lowest BCUT2D eigenvalue weighted by Gasteiger charge is -2.17. The van der Waals surface area contributed by atoms with Gasteiger partial charge >= 0.3 is 12.4 Å². The Kier molecular flexibility index (Phi) is 5.63. The average Bonchev–Trinajstić information content (AvgIpc) is 3.14. The maximum atomic E-state index is 13.2. The molecule has 0 unspecified atom stereocenters. The minimum atomic E-state index is -4.88. The molecule has 0 bridgehead atoms. The number of halogens is 7. The van der Waals surface area contributed by atoms with Gasteiger partial charge in [-0.1, -0.05) is 16.8 Å². The summed E-state index contributed by atoms with van der Waals surface area (Å²) in [5.41, 5.74) is -3.11. The third kappa shape index (κ3) is 4.49. The Morgan fingerprint density at radius 2 is 1.77 bits per heavy atom. The van der Waals surface area contributed by atoms with Crippen molar-refractivity contribution >= 4 is 11.6 Å². The lowest BCUT2D eigenvalue weighted by atomic mass is 10.0. The van der Waals surface area contributed by atoms with Crippen LogP contribution in [0.5, 0.6) is 5.75 Å². The smallest absolute Gasteiger partial charge is 0.416 e. The van der Waals surface area contributed by atoms with Gasteiger partial charge in [-0.25, -0.2) is 5.10 Å². The van der Waals surface area contributed by atoms with Gasteiger partial charge in [-0.05, 0) is 36.4 Å².